The number of aromatic amines is 1. The van der Waals surface area contributed by atoms with Crippen LogP contribution in [0.15, 0.2) is 12.1 Å². The molecule has 108 valence electrons. The van der Waals surface area contributed by atoms with Crippen LogP contribution in [0.3, 0.4) is 0 Å². The van der Waals surface area contributed by atoms with Crippen LogP contribution in [0.1, 0.15) is 18.7 Å². The van der Waals surface area contributed by atoms with Gasteiger partial charge >= 0.3 is 0 Å². The van der Waals surface area contributed by atoms with E-state index in [9.17, 15) is 0 Å². The molecule has 2 N–H and O–H groups in total. The average Bonchev–Trinajstić information content (AvgIpc) is 2.90. The van der Waals surface area contributed by atoms with Gasteiger partial charge in [0.1, 0.15) is 5.82 Å². The van der Waals surface area contributed by atoms with Crippen molar-refractivity contribution in [2.75, 3.05) is 26.8 Å². The first-order valence-electron chi connectivity index (χ1n) is 7.07. The maximum Gasteiger partial charge on any atom is 0.215 e. The van der Waals surface area contributed by atoms with Gasteiger partial charge in [0.2, 0.25) is 5.88 Å². The third kappa shape index (κ3) is 3.08. The quantitative estimate of drug-likeness (QED) is 0.860. The molecule has 1 aliphatic rings. The summed E-state index contributed by atoms with van der Waals surface area (Å²) in [6.07, 6.45) is 3.36. The normalized spacial score (nSPS) is 16.6. The van der Waals surface area contributed by atoms with Gasteiger partial charge < -0.3 is 19.8 Å². The van der Waals surface area contributed by atoms with Crippen molar-refractivity contribution < 1.29 is 9.47 Å². The predicted octanol–water partition coefficient (Wildman–Crippen LogP) is 1.28. The Labute approximate surface area is 117 Å². The molecule has 2 aromatic rings. The van der Waals surface area contributed by atoms with Gasteiger partial charge in [0.25, 0.3) is 0 Å². The molecular weight excluding hydrogens is 256 g/mol. The zero-order valence-corrected chi connectivity index (χ0v) is 11.7. The fourth-order valence-corrected chi connectivity index (χ4v) is 2.44. The number of imidazole rings is 1. The van der Waals surface area contributed by atoms with Gasteiger partial charge in [-0.3, -0.25) is 0 Å². The molecule has 0 bridgehead atoms. The van der Waals surface area contributed by atoms with Crippen LogP contribution in [0.4, 0.5) is 0 Å². The Hall–Kier alpha value is -1.66. The molecule has 6 nitrogen and oxygen atoms in total. The highest BCUT2D eigenvalue weighted by atomic mass is 16.5. The van der Waals surface area contributed by atoms with Crippen LogP contribution in [-0.4, -0.2) is 47.9 Å². The first-order chi connectivity index (χ1) is 9.85. The van der Waals surface area contributed by atoms with Crippen LogP contribution in [0.5, 0.6) is 5.88 Å². The third-order valence-corrected chi connectivity index (χ3v) is 3.56. The highest BCUT2D eigenvalue weighted by Gasteiger charge is 2.13. The highest BCUT2D eigenvalue weighted by molar-refractivity contribution is 5.71. The molecule has 3 rings (SSSR count). The van der Waals surface area contributed by atoms with Crippen molar-refractivity contribution >= 4 is 11.2 Å². The van der Waals surface area contributed by atoms with E-state index in [0.29, 0.717) is 24.2 Å². The summed E-state index contributed by atoms with van der Waals surface area (Å²) in [5.41, 5.74) is 1.63. The molecule has 2 aromatic heterocycles. The van der Waals surface area contributed by atoms with Crippen molar-refractivity contribution in [1.29, 1.82) is 0 Å². The fraction of sp³-hybridized carbons (Fsp3) is 0.571. The fourth-order valence-electron chi connectivity index (χ4n) is 2.44. The molecule has 6 heteroatoms. The van der Waals surface area contributed by atoms with E-state index in [0.717, 1.165) is 43.7 Å². The van der Waals surface area contributed by atoms with E-state index < -0.39 is 0 Å². The maximum atomic E-state index is 5.88. The second-order valence-corrected chi connectivity index (χ2v) is 4.98. The van der Waals surface area contributed by atoms with Gasteiger partial charge in [-0.15, -0.1) is 0 Å². The minimum absolute atomic E-state index is 0.388. The second kappa shape index (κ2) is 6.19. The number of aromatic nitrogens is 3. The molecule has 1 fully saturated rings. The van der Waals surface area contributed by atoms with Crippen LogP contribution >= 0.6 is 0 Å². The van der Waals surface area contributed by atoms with Crippen molar-refractivity contribution in [3.8, 4) is 5.88 Å². The van der Waals surface area contributed by atoms with E-state index in [1.54, 1.807) is 7.11 Å². The standard InChI is InChI=1S/C14H20N4O2/c1-19-13-3-2-11-14(18-13)17-12(16-11)6-9-20-10-4-7-15-8-5-10/h2-3,10,15H,4-9H2,1H3,(H,16,17,18). The summed E-state index contributed by atoms with van der Waals surface area (Å²) in [5, 5.41) is 3.33. The van der Waals surface area contributed by atoms with E-state index in [-0.39, 0.29) is 0 Å². The molecule has 0 amide bonds. The summed E-state index contributed by atoms with van der Waals surface area (Å²) in [6, 6.07) is 3.77. The van der Waals surface area contributed by atoms with E-state index in [1.807, 2.05) is 12.1 Å². The Bertz CT molecular complexity index is 563. The summed E-state index contributed by atoms with van der Waals surface area (Å²) in [5.74, 6) is 1.50. The predicted molar refractivity (Wildman–Crippen MR) is 76.0 cm³/mol. The van der Waals surface area contributed by atoms with Gasteiger partial charge in [-0.1, -0.05) is 0 Å². The van der Waals surface area contributed by atoms with Crippen molar-refractivity contribution in [1.82, 2.24) is 20.3 Å². The number of ether oxygens (including phenoxy) is 2. The number of nitrogens with one attached hydrogen (secondary N) is 2. The lowest BCUT2D eigenvalue weighted by Crippen LogP contribution is -2.32. The number of methoxy groups -OCH3 is 1. The maximum absolute atomic E-state index is 5.88. The molecule has 0 aromatic carbocycles. The van der Waals surface area contributed by atoms with Crippen molar-refractivity contribution in [2.45, 2.75) is 25.4 Å². The summed E-state index contributed by atoms with van der Waals surface area (Å²) >= 11 is 0. The molecule has 1 aliphatic heterocycles. The van der Waals surface area contributed by atoms with E-state index in [1.165, 1.54) is 0 Å². The minimum atomic E-state index is 0.388. The Morgan fingerprint density at radius 1 is 1.25 bits per heavy atom. The number of nitrogens with zero attached hydrogens (tertiary/aromatic N) is 2. The summed E-state index contributed by atoms with van der Waals surface area (Å²) in [6.45, 7) is 2.81. The van der Waals surface area contributed by atoms with Gasteiger partial charge in [-0.2, -0.15) is 4.98 Å². The van der Waals surface area contributed by atoms with E-state index in [2.05, 4.69) is 20.3 Å². The van der Waals surface area contributed by atoms with E-state index in [4.69, 9.17) is 9.47 Å². The highest BCUT2D eigenvalue weighted by Crippen LogP contribution is 2.15. The lowest BCUT2D eigenvalue weighted by molar-refractivity contribution is 0.0343. The number of hydrogen-bond donors (Lipinski definition) is 2. The number of H-pyrrole nitrogens is 1. The molecule has 20 heavy (non-hydrogen) atoms. The Morgan fingerprint density at radius 3 is 2.90 bits per heavy atom. The number of rotatable bonds is 5. The topological polar surface area (TPSA) is 72.1 Å². The minimum Gasteiger partial charge on any atom is -0.481 e. The lowest BCUT2D eigenvalue weighted by atomic mass is 10.1. The van der Waals surface area contributed by atoms with E-state index >= 15 is 0 Å². The van der Waals surface area contributed by atoms with Gasteiger partial charge in [-0.25, -0.2) is 4.98 Å². The van der Waals surface area contributed by atoms with Crippen LogP contribution < -0.4 is 10.1 Å². The molecule has 3 heterocycles. The smallest absolute Gasteiger partial charge is 0.215 e. The zero-order chi connectivity index (χ0) is 13.8. The molecule has 0 saturated carbocycles. The van der Waals surface area contributed by atoms with Crippen LogP contribution in [0.2, 0.25) is 0 Å². The summed E-state index contributed by atoms with van der Waals surface area (Å²) in [7, 11) is 1.61. The Kier molecular flexibility index (Phi) is 4.13. The molecule has 0 atom stereocenters. The van der Waals surface area contributed by atoms with Crippen molar-refractivity contribution in [3.63, 3.8) is 0 Å². The van der Waals surface area contributed by atoms with Crippen LogP contribution in [-0.2, 0) is 11.2 Å². The molecule has 0 radical (unpaired) electrons. The van der Waals surface area contributed by atoms with Gasteiger partial charge in [0.15, 0.2) is 5.65 Å². The average molecular weight is 276 g/mol. The third-order valence-electron chi connectivity index (χ3n) is 3.56. The lowest BCUT2D eigenvalue weighted by Gasteiger charge is -2.22. The molecular formula is C14H20N4O2. The molecule has 0 spiro atoms. The number of pyridine rings is 1. The van der Waals surface area contributed by atoms with Gasteiger partial charge in [0, 0.05) is 12.5 Å². The van der Waals surface area contributed by atoms with Gasteiger partial charge in [-0.05, 0) is 32.0 Å². The first kappa shape index (κ1) is 13.3. The number of piperidine rings is 1. The molecule has 0 aliphatic carbocycles. The summed E-state index contributed by atoms with van der Waals surface area (Å²) in [4.78, 5) is 12.0. The van der Waals surface area contributed by atoms with Crippen LogP contribution in [0, 0.1) is 0 Å². The largest absolute Gasteiger partial charge is 0.481 e. The summed E-state index contributed by atoms with van der Waals surface area (Å²) < 4.78 is 11.0. The molecule has 1 saturated heterocycles. The van der Waals surface area contributed by atoms with Crippen molar-refractivity contribution in [3.05, 3.63) is 18.0 Å². The van der Waals surface area contributed by atoms with Gasteiger partial charge in [0.05, 0.1) is 25.3 Å². The zero-order valence-electron chi connectivity index (χ0n) is 11.7. The number of fused-ring (bicyclic) bond motifs is 1. The SMILES string of the molecule is COc1ccc2[nH]c(CCOC3CCNCC3)nc2n1. The second-order valence-electron chi connectivity index (χ2n) is 4.98. The Morgan fingerprint density at radius 2 is 2.10 bits per heavy atom. The monoisotopic (exact) mass is 276 g/mol. The Balaban J connectivity index is 1.57. The molecule has 0 unspecified atom stereocenters. The van der Waals surface area contributed by atoms with Crippen molar-refractivity contribution in [2.24, 2.45) is 0 Å². The van der Waals surface area contributed by atoms with Crippen LogP contribution in [0.25, 0.3) is 11.2 Å². The first-order valence-corrected chi connectivity index (χ1v) is 7.07. The number of hydrogen-bond acceptors (Lipinski definition) is 5.